The predicted octanol–water partition coefficient (Wildman–Crippen LogP) is 0.279. The second kappa shape index (κ2) is 5.76. The summed E-state index contributed by atoms with van der Waals surface area (Å²) in [5.74, 6) is -0.0405. The minimum absolute atomic E-state index is 0.0467. The standard InChI is InChI=1S/C9H15N3O4S/c1-3-4-5-7(13)10-6-8-11-12-9(16-8)17(2,14)15/h3-6H2,1-2H3,(H,10,13). The van der Waals surface area contributed by atoms with Crippen LogP contribution in [0.1, 0.15) is 32.1 Å². The van der Waals surface area contributed by atoms with Gasteiger partial charge in [0, 0.05) is 12.7 Å². The van der Waals surface area contributed by atoms with Crippen LogP contribution in [0, 0.1) is 0 Å². The molecule has 0 bridgehead atoms. The van der Waals surface area contributed by atoms with Crippen LogP contribution in [-0.2, 0) is 21.2 Å². The van der Waals surface area contributed by atoms with Gasteiger partial charge in [0.15, 0.2) is 0 Å². The summed E-state index contributed by atoms with van der Waals surface area (Å²) in [6.45, 7) is 2.04. The Hall–Kier alpha value is -1.44. The van der Waals surface area contributed by atoms with Crippen molar-refractivity contribution in [1.82, 2.24) is 15.5 Å². The van der Waals surface area contributed by atoms with Crippen LogP contribution in [0.4, 0.5) is 0 Å². The van der Waals surface area contributed by atoms with Gasteiger partial charge in [0.2, 0.25) is 21.6 Å². The predicted molar refractivity (Wildman–Crippen MR) is 58.8 cm³/mol. The molecule has 1 aromatic rings. The molecular formula is C9H15N3O4S. The van der Waals surface area contributed by atoms with Crippen LogP contribution >= 0.6 is 0 Å². The second-order valence-electron chi connectivity index (χ2n) is 3.61. The fraction of sp³-hybridized carbons (Fsp3) is 0.667. The molecule has 0 atom stereocenters. The molecule has 0 aliphatic carbocycles. The van der Waals surface area contributed by atoms with E-state index in [0.29, 0.717) is 6.42 Å². The summed E-state index contributed by atoms with van der Waals surface area (Å²) < 4.78 is 27.0. The third kappa shape index (κ3) is 4.51. The van der Waals surface area contributed by atoms with E-state index in [1.165, 1.54) is 0 Å². The van der Waals surface area contributed by atoms with E-state index >= 15 is 0 Å². The highest BCUT2D eigenvalue weighted by molar-refractivity contribution is 7.90. The Morgan fingerprint density at radius 2 is 2.12 bits per heavy atom. The van der Waals surface area contributed by atoms with E-state index < -0.39 is 15.1 Å². The monoisotopic (exact) mass is 261 g/mol. The maximum Gasteiger partial charge on any atom is 0.335 e. The van der Waals surface area contributed by atoms with Gasteiger partial charge >= 0.3 is 5.22 Å². The van der Waals surface area contributed by atoms with Crippen molar-refractivity contribution in [2.75, 3.05) is 6.26 Å². The fourth-order valence-electron chi connectivity index (χ4n) is 1.06. The van der Waals surface area contributed by atoms with Gasteiger partial charge < -0.3 is 9.73 Å². The number of carbonyl (C=O) groups is 1. The topological polar surface area (TPSA) is 102 Å². The van der Waals surface area contributed by atoms with E-state index in [1.807, 2.05) is 6.92 Å². The maximum atomic E-state index is 11.3. The van der Waals surface area contributed by atoms with Crippen molar-refractivity contribution in [3.63, 3.8) is 0 Å². The van der Waals surface area contributed by atoms with Crippen molar-refractivity contribution >= 4 is 15.7 Å². The second-order valence-corrected chi connectivity index (χ2v) is 5.51. The molecule has 0 unspecified atom stereocenters. The van der Waals surface area contributed by atoms with Crippen LogP contribution in [-0.4, -0.2) is 30.8 Å². The van der Waals surface area contributed by atoms with Crippen molar-refractivity contribution in [2.24, 2.45) is 0 Å². The third-order valence-corrected chi connectivity index (χ3v) is 2.76. The van der Waals surface area contributed by atoms with E-state index in [4.69, 9.17) is 4.42 Å². The number of hydrogen-bond acceptors (Lipinski definition) is 6. The lowest BCUT2D eigenvalue weighted by atomic mass is 10.2. The molecule has 96 valence electrons. The minimum atomic E-state index is -3.49. The number of aromatic nitrogens is 2. The quantitative estimate of drug-likeness (QED) is 0.789. The lowest BCUT2D eigenvalue weighted by molar-refractivity contribution is -0.121. The summed E-state index contributed by atoms with van der Waals surface area (Å²) >= 11 is 0. The molecule has 0 aliphatic heterocycles. The molecule has 1 rings (SSSR count). The van der Waals surface area contributed by atoms with Gasteiger partial charge in [-0.2, -0.15) is 0 Å². The first-order chi connectivity index (χ1) is 7.93. The molecule has 7 nitrogen and oxygen atoms in total. The summed E-state index contributed by atoms with van der Waals surface area (Å²) in [5.41, 5.74) is 0. The summed E-state index contributed by atoms with van der Waals surface area (Å²) in [4.78, 5) is 11.3. The lowest BCUT2D eigenvalue weighted by Crippen LogP contribution is -2.22. The summed E-state index contributed by atoms with van der Waals surface area (Å²) in [5, 5.41) is 9.03. The Balaban J connectivity index is 2.48. The van der Waals surface area contributed by atoms with Crippen LogP contribution in [0.15, 0.2) is 9.64 Å². The molecule has 0 radical (unpaired) electrons. The van der Waals surface area contributed by atoms with Gasteiger partial charge in [0.1, 0.15) is 0 Å². The normalized spacial score (nSPS) is 11.4. The van der Waals surface area contributed by atoms with Crippen LogP contribution in [0.25, 0.3) is 0 Å². The molecule has 1 aromatic heterocycles. The van der Waals surface area contributed by atoms with Crippen LogP contribution in [0.2, 0.25) is 0 Å². The molecule has 0 saturated heterocycles. The molecule has 1 N–H and O–H groups in total. The van der Waals surface area contributed by atoms with Crippen LogP contribution in [0.3, 0.4) is 0 Å². The number of unbranched alkanes of at least 4 members (excludes halogenated alkanes) is 1. The average molecular weight is 261 g/mol. The first-order valence-electron chi connectivity index (χ1n) is 5.22. The Bertz CT molecular complexity index is 480. The van der Waals surface area contributed by atoms with Crippen molar-refractivity contribution < 1.29 is 17.6 Å². The zero-order valence-corrected chi connectivity index (χ0v) is 10.6. The first-order valence-corrected chi connectivity index (χ1v) is 7.11. The van der Waals surface area contributed by atoms with Crippen LogP contribution < -0.4 is 5.32 Å². The Labute approximate surface area is 99.5 Å². The lowest BCUT2D eigenvalue weighted by Gasteiger charge is -2.00. The average Bonchev–Trinajstić information content (AvgIpc) is 2.71. The SMILES string of the molecule is CCCCC(=O)NCc1nnc(S(C)(=O)=O)o1. The van der Waals surface area contributed by atoms with Gasteiger partial charge in [-0.1, -0.05) is 18.4 Å². The molecule has 0 aromatic carbocycles. The van der Waals surface area contributed by atoms with E-state index in [9.17, 15) is 13.2 Å². The zero-order chi connectivity index (χ0) is 12.9. The summed E-state index contributed by atoms with van der Waals surface area (Å²) in [6, 6.07) is 0. The summed E-state index contributed by atoms with van der Waals surface area (Å²) in [6.07, 6.45) is 3.16. The number of hydrogen-bond donors (Lipinski definition) is 1. The molecule has 8 heteroatoms. The van der Waals surface area contributed by atoms with Gasteiger partial charge in [0.05, 0.1) is 6.54 Å². The minimum Gasteiger partial charge on any atom is -0.411 e. The Morgan fingerprint density at radius 3 is 2.65 bits per heavy atom. The molecule has 0 spiro atoms. The van der Waals surface area contributed by atoms with Crippen molar-refractivity contribution in [2.45, 2.75) is 38.0 Å². The third-order valence-electron chi connectivity index (χ3n) is 1.96. The molecule has 0 aliphatic rings. The molecule has 17 heavy (non-hydrogen) atoms. The van der Waals surface area contributed by atoms with Gasteiger partial charge in [-0.3, -0.25) is 4.79 Å². The van der Waals surface area contributed by atoms with Crippen molar-refractivity contribution in [3.8, 4) is 0 Å². The number of sulfone groups is 1. The molecule has 0 saturated carbocycles. The Kier molecular flexibility index (Phi) is 4.62. The van der Waals surface area contributed by atoms with E-state index in [0.717, 1.165) is 19.1 Å². The zero-order valence-electron chi connectivity index (χ0n) is 9.76. The van der Waals surface area contributed by atoms with E-state index in [-0.39, 0.29) is 18.3 Å². The summed E-state index contributed by atoms with van der Waals surface area (Å²) in [7, 11) is -3.49. The smallest absolute Gasteiger partial charge is 0.335 e. The number of amides is 1. The first kappa shape index (κ1) is 13.6. The number of rotatable bonds is 6. The largest absolute Gasteiger partial charge is 0.411 e. The van der Waals surface area contributed by atoms with Gasteiger partial charge in [0.25, 0.3) is 0 Å². The number of nitrogens with one attached hydrogen (secondary N) is 1. The van der Waals surface area contributed by atoms with Crippen molar-refractivity contribution in [3.05, 3.63) is 5.89 Å². The molecular weight excluding hydrogens is 246 g/mol. The molecule has 1 amide bonds. The maximum absolute atomic E-state index is 11.3. The fourth-order valence-corrected chi connectivity index (χ4v) is 1.50. The highest BCUT2D eigenvalue weighted by atomic mass is 32.2. The van der Waals surface area contributed by atoms with Crippen LogP contribution in [0.5, 0.6) is 0 Å². The highest BCUT2D eigenvalue weighted by Gasteiger charge is 2.16. The van der Waals surface area contributed by atoms with Gasteiger partial charge in [-0.25, -0.2) is 8.42 Å². The Morgan fingerprint density at radius 1 is 1.41 bits per heavy atom. The number of carbonyl (C=O) groups excluding carboxylic acids is 1. The number of nitrogens with zero attached hydrogens (tertiary/aromatic N) is 2. The van der Waals surface area contributed by atoms with Crippen molar-refractivity contribution in [1.29, 1.82) is 0 Å². The molecule has 0 fully saturated rings. The van der Waals surface area contributed by atoms with E-state index in [2.05, 4.69) is 15.5 Å². The highest BCUT2D eigenvalue weighted by Crippen LogP contribution is 2.06. The van der Waals surface area contributed by atoms with Gasteiger partial charge in [-0.15, -0.1) is 5.10 Å². The molecule has 1 heterocycles. The van der Waals surface area contributed by atoms with Gasteiger partial charge in [-0.05, 0) is 6.42 Å². The van der Waals surface area contributed by atoms with E-state index in [1.54, 1.807) is 0 Å².